The van der Waals surface area contributed by atoms with Crippen molar-refractivity contribution in [3.63, 3.8) is 0 Å². The van der Waals surface area contributed by atoms with Gasteiger partial charge in [0.15, 0.2) is 5.76 Å². The van der Waals surface area contributed by atoms with Crippen LogP contribution in [-0.2, 0) is 9.47 Å². The zero-order chi connectivity index (χ0) is 11.2. The second kappa shape index (κ2) is 5.82. The summed E-state index contributed by atoms with van der Waals surface area (Å²) in [4.78, 5) is 11.5. The lowest BCUT2D eigenvalue weighted by Crippen LogP contribution is -2.21. The molecule has 0 aliphatic carbocycles. The van der Waals surface area contributed by atoms with E-state index in [9.17, 15) is 4.79 Å². The molecule has 0 saturated carbocycles. The summed E-state index contributed by atoms with van der Waals surface area (Å²) < 4.78 is 15.6. The van der Waals surface area contributed by atoms with Gasteiger partial charge in [-0.3, -0.25) is 4.79 Å². The minimum Gasteiger partial charge on any atom is -0.461 e. The number of ether oxygens (including phenoxy) is 2. The number of ketones is 1. The first-order valence-electron chi connectivity index (χ1n) is 5.58. The van der Waals surface area contributed by atoms with Gasteiger partial charge in [0.25, 0.3) is 0 Å². The molecule has 1 aromatic heterocycles. The molecule has 4 heteroatoms. The lowest BCUT2D eigenvalue weighted by atomic mass is 10.0. The van der Waals surface area contributed by atoms with Crippen molar-refractivity contribution in [1.82, 2.24) is 0 Å². The highest BCUT2D eigenvalue weighted by molar-refractivity contribution is 5.94. The monoisotopic (exact) mass is 224 g/mol. The van der Waals surface area contributed by atoms with Crippen LogP contribution in [0.1, 0.15) is 23.4 Å². The van der Waals surface area contributed by atoms with Crippen molar-refractivity contribution >= 4 is 5.78 Å². The van der Waals surface area contributed by atoms with Crippen LogP contribution in [0.15, 0.2) is 22.8 Å². The standard InChI is InChI=1S/C12H16O4/c13-11(12-2-1-5-16-12)9-15-8-10-3-6-14-7-4-10/h1-2,5,10H,3-4,6-9H2. The molecule has 0 unspecified atom stereocenters. The third-order valence-electron chi connectivity index (χ3n) is 2.72. The highest BCUT2D eigenvalue weighted by Crippen LogP contribution is 2.14. The van der Waals surface area contributed by atoms with Crippen LogP contribution in [0.4, 0.5) is 0 Å². The van der Waals surface area contributed by atoms with Gasteiger partial charge in [0, 0.05) is 13.2 Å². The van der Waals surface area contributed by atoms with E-state index >= 15 is 0 Å². The SMILES string of the molecule is O=C(COCC1CCOCC1)c1ccco1. The molecule has 0 spiro atoms. The Bertz CT molecular complexity index is 312. The van der Waals surface area contributed by atoms with Crippen LogP contribution >= 0.6 is 0 Å². The molecule has 2 rings (SSSR count). The van der Waals surface area contributed by atoms with E-state index in [1.54, 1.807) is 12.1 Å². The number of carbonyl (C=O) groups is 1. The summed E-state index contributed by atoms with van der Waals surface area (Å²) in [6, 6.07) is 3.35. The highest BCUT2D eigenvalue weighted by Gasteiger charge is 2.15. The van der Waals surface area contributed by atoms with Crippen LogP contribution in [0, 0.1) is 5.92 Å². The van der Waals surface area contributed by atoms with Crippen LogP contribution in [0.3, 0.4) is 0 Å². The molecule has 88 valence electrons. The Balaban J connectivity index is 1.66. The van der Waals surface area contributed by atoms with Gasteiger partial charge in [-0.15, -0.1) is 0 Å². The Kier molecular flexibility index (Phi) is 4.13. The molecular weight excluding hydrogens is 208 g/mol. The molecule has 0 atom stereocenters. The van der Waals surface area contributed by atoms with Gasteiger partial charge in [0.1, 0.15) is 6.61 Å². The molecule has 16 heavy (non-hydrogen) atoms. The Labute approximate surface area is 94.5 Å². The summed E-state index contributed by atoms with van der Waals surface area (Å²) in [5, 5.41) is 0. The summed E-state index contributed by atoms with van der Waals surface area (Å²) >= 11 is 0. The van der Waals surface area contributed by atoms with Crippen LogP contribution in [-0.4, -0.2) is 32.2 Å². The smallest absolute Gasteiger partial charge is 0.223 e. The van der Waals surface area contributed by atoms with Gasteiger partial charge in [-0.2, -0.15) is 0 Å². The van der Waals surface area contributed by atoms with E-state index in [-0.39, 0.29) is 12.4 Å². The van der Waals surface area contributed by atoms with Gasteiger partial charge < -0.3 is 13.9 Å². The van der Waals surface area contributed by atoms with Gasteiger partial charge in [0.2, 0.25) is 5.78 Å². The molecule has 0 amide bonds. The number of furan rings is 1. The van der Waals surface area contributed by atoms with Gasteiger partial charge >= 0.3 is 0 Å². The summed E-state index contributed by atoms with van der Waals surface area (Å²) in [5.74, 6) is 0.794. The molecule has 0 aromatic carbocycles. The summed E-state index contributed by atoms with van der Waals surface area (Å²) in [5.41, 5.74) is 0. The normalized spacial score (nSPS) is 17.5. The Morgan fingerprint density at radius 1 is 1.44 bits per heavy atom. The van der Waals surface area contributed by atoms with Crippen LogP contribution < -0.4 is 0 Å². The van der Waals surface area contributed by atoms with Crippen LogP contribution in [0.25, 0.3) is 0 Å². The molecule has 0 N–H and O–H groups in total. The van der Waals surface area contributed by atoms with E-state index in [1.165, 1.54) is 6.26 Å². The van der Waals surface area contributed by atoms with Gasteiger partial charge in [-0.05, 0) is 30.9 Å². The van der Waals surface area contributed by atoms with Crippen molar-refractivity contribution in [1.29, 1.82) is 0 Å². The molecule has 1 saturated heterocycles. The van der Waals surface area contributed by atoms with E-state index < -0.39 is 0 Å². The topological polar surface area (TPSA) is 48.7 Å². The molecule has 1 aliphatic heterocycles. The van der Waals surface area contributed by atoms with Gasteiger partial charge in [-0.1, -0.05) is 0 Å². The number of hydrogen-bond acceptors (Lipinski definition) is 4. The Hall–Kier alpha value is -1.13. The number of carbonyl (C=O) groups excluding carboxylic acids is 1. The maximum absolute atomic E-state index is 11.5. The van der Waals surface area contributed by atoms with Crippen molar-refractivity contribution in [3.05, 3.63) is 24.2 Å². The maximum Gasteiger partial charge on any atom is 0.223 e. The molecule has 1 aromatic rings. The van der Waals surface area contributed by atoms with Crippen LogP contribution in [0.5, 0.6) is 0 Å². The third kappa shape index (κ3) is 3.18. The average Bonchev–Trinajstić information content (AvgIpc) is 2.84. The fourth-order valence-corrected chi connectivity index (χ4v) is 1.74. The minimum atomic E-state index is -0.0999. The number of Topliss-reactive ketones (excluding diaryl/α,β-unsaturated/α-hetero) is 1. The molecular formula is C12H16O4. The quantitative estimate of drug-likeness (QED) is 0.717. The van der Waals surface area contributed by atoms with Crippen molar-refractivity contribution in [2.75, 3.05) is 26.4 Å². The van der Waals surface area contributed by atoms with Gasteiger partial charge in [-0.25, -0.2) is 0 Å². The summed E-state index contributed by atoms with van der Waals surface area (Å²) in [6.07, 6.45) is 3.54. The first-order chi connectivity index (χ1) is 7.86. The predicted octanol–water partition coefficient (Wildman–Crippen LogP) is 1.91. The Morgan fingerprint density at radius 3 is 2.94 bits per heavy atom. The maximum atomic E-state index is 11.5. The minimum absolute atomic E-state index is 0.0999. The van der Waals surface area contributed by atoms with Crippen molar-refractivity contribution in [3.8, 4) is 0 Å². The second-order valence-corrected chi connectivity index (χ2v) is 3.97. The first-order valence-corrected chi connectivity index (χ1v) is 5.58. The van der Waals surface area contributed by atoms with E-state index in [0.29, 0.717) is 18.3 Å². The molecule has 4 nitrogen and oxygen atoms in total. The zero-order valence-corrected chi connectivity index (χ0v) is 9.19. The van der Waals surface area contributed by atoms with Crippen molar-refractivity contribution in [2.45, 2.75) is 12.8 Å². The van der Waals surface area contributed by atoms with Gasteiger partial charge in [0.05, 0.1) is 12.9 Å². The highest BCUT2D eigenvalue weighted by atomic mass is 16.5. The summed E-state index contributed by atoms with van der Waals surface area (Å²) in [6.45, 7) is 2.35. The molecule has 0 radical (unpaired) electrons. The van der Waals surface area contributed by atoms with E-state index in [1.807, 2.05) is 0 Å². The summed E-state index contributed by atoms with van der Waals surface area (Å²) in [7, 11) is 0. The van der Waals surface area contributed by atoms with Crippen molar-refractivity contribution < 1.29 is 18.7 Å². The lowest BCUT2D eigenvalue weighted by molar-refractivity contribution is 0.0211. The first kappa shape index (κ1) is 11.4. The molecule has 1 fully saturated rings. The van der Waals surface area contributed by atoms with E-state index in [4.69, 9.17) is 13.9 Å². The third-order valence-corrected chi connectivity index (χ3v) is 2.72. The number of rotatable bonds is 5. The number of hydrogen-bond donors (Lipinski definition) is 0. The lowest BCUT2D eigenvalue weighted by Gasteiger charge is -2.21. The molecule has 0 bridgehead atoms. The average molecular weight is 224 g/mol. The Morgan fingerprint density at radius 2 is 2.25 bits per heavy atom. The molecule has 2 heterocycles. The van der Waals surface area contributed by atoms with Crippen molar-refractivity contribution in [2.24, 2.45) is 5.92 Å². The van der Waals surface area contributed by atoms with E-state index in [0.717, 1.165) is 26.1 Å². The van der Waals surface area contributed by atoms with Crippen LogP contribution in [0.2, 0.25) is 0 Å². The fraction of sp³-hybridized carbons (Fsp3) is 0.583. The predicted molar refractivity (Wildman–Crippen MR) is 57.4 cm³/mol. The zero-order valence-electron chi connectivity index (χ0n) is 9.19. The second-order valence-electron chi connectivity index (χ2n) is 3.97. The largest absolute Gasteiger partial charge is 0.461 e. The fourth-order valence-electron chi connectivity index (χ4n) is 1.74. The van der Waals surface area contributed by atoms with E-state index in [2.05, 4.69) is 0 Å². The molecule has 1 aliphatic rings.